The highest BCUT2D eigenvalue weighted by Gasteiger charge is 2.37. The van der Waals surface area contributed by atoms with Crippen LogP contribution < -0.4 is 0 Å². The van der Waals surface area contributed by atoms with Crippen molar-refractivity contribution in [2.24, 2.45) is 0 Å². The van der Waals surface area contributed by atoms with Crippen LogP contribution >= 0.6 is 0 Å². The number of rotatable bonds is 3. The zero-order valence-corrected chi connectivity index (χ0v) is 34.0. The number of nitrogens with zero attached hydrogens (tertiary/aromatic N) is 5. The summed E-state index contributed by atoms with van der Waals surface area (Å²) in [5.74, 6) is 0. The van der Waals surface area contributed by atoms with E-state index in [-0.39, 0.29) is 5.41 Å². The van der Waals surface area contributed by atoms with Gasteiger partial charge in [-0.2, -0.15) is 10.5 Å². The van der Waals surface area contributed by atoms with E-state index in [0.717, 1.165) is 71.1 Å². The molecule has 0 unspecified atom stereocenters. The van der Waals surface area contributed by atoms with Crippen molar-refractivity contribution in [2.75, 3.05) is 0 Å². The highest BCUT2D eigenvalue weighted by molar-refractivity contribution is 6.22. The van der Waals surface area contributed by atoms with E-state index < -0.39 is 0 Å². The molecule has 0 bridgehead atoms. The minimum Gasteiger partial charge on any atom is -0.309 e. The van der Waals surface area contributed by atoms with E-state index in [1.54, 1.807) is 0 Å². The molecule has 0 amide bonds. The predicted octanol–water partition coefficient (Wildman–Crippen LogP) is 14.2. The molecule has 0 spiro atoms. The molecule has 5 nitrogen and oxygen atoms in total. The second-order valence-corrected chi connectivity index (χ2v) is 17.1. The van der Waals surface area contributed by atoms with Gasteiger partial charge in [0.25, 0.3) is 0 Å². The van der Waals surface area contributed by atoms with E-state index in [2.05, 4.69) is 203 Å². The lowest BCUT2D eigenvalue weighted by Gasteiger charge is -2.21. The normalized spacial score (nSPS) is 13.1. The van der Waals surface area contributed by atoms with Crippen LogP contribution in [0.15, 0.2) is 176 Å². The lowest BCUT2D eigenvalue weighted by atomic mass is 9.82. The standard InChI is InChI=1S/C57H35N5/c1-57(2)44-19-9-5-17-41(44)55-45(57)25-28-51-56(55)42-18-8-12-22-48(42)61(51)52-29-36(33-59)53(30-35(52)32-58)62-49-27-24-37(31-43(49)54-38-14-4-3-13-34(38)23-26-50(54)62)60-46-20-10-6-15-39(46)40-16-7-11-21-47(40)60/h3-31H,1-2H3. The van der Waals surface area contributed by atoms with Gasteiger partial charge in [0, 0.05) is 43.4 Å². The number of fused-ring (bicyclic) bond motifs is 15. The Bertz CT molecular complexity index is 3990. The van der Waals surface area contributed by atoms with E-state index in [9.17, 15) is 10.5 Å². The number of benzene rings is 9. The van der Waals surface area contributed by atoms with Crippen LogP contribution in [0.3, 0.4) is 0 Å². The molecule has 0 radical (unpaired) electrons. The molecule has 13 rings (SSSR count). The van der Waals surface area contributed by atoms with Crippen LogP contribution in [0.25, 0.3) is 104 Å². The van der Waals surface area contributed by atoms with Crippen molar-refractivity contribution in [1.82, 2.24) is 13.7 Å². The van der Waals surface area contributed by atoms with Crippen LogP contribution in [0.5, 0.6) is 0 Å². The van der Waals surface area contributed by atoms with Gasteiger partial charge < -0.3 is 13.7 Å². The van der Waals surface area contributed by atoms with Crippen LogP contribution in [-0.2, 0) is 5.41 Å². The third kappa shape index (κ3) is 4.39. The molecule has 3 aromatic heterocycles. The van der Waals surface area contributed by atoms with Crippen molar-refractivity contribution in [3.63, 3.8) is 0 Å². The van der Waals surface area contributed by atoms with Gasteiger partial charge in [-0.25, -0.2) is 0 Å². The maximum Gasteiger partial charge on any atom is 0.101 e. The van der Waals surface area contributed by atoms with Crippen LogP contribution in [-0.4, -0.2) is 13.7 Å². The average Bonchev–Trinajstić information content (AvgIpc) is 4.02. The summed E-state index contributed by atoms with van der Waals surface area (Å²) in [6, 6.07) is 67.3. The second-order valence-electron chi connectivity index (χ2n) is 17.1. The molecule has 0 saturated heterocycles. The molecule has 288 valence electrons. The Labute approximate surface area is 356 Å². The third-order valence-electron chi connectivity index (χ3n) is 13.7. The first-order chi connectivity index (χ1) is 30.5. The molecule has 3 heterocycles. The first kappa shape index (κ1) is 34.5. The van der Waals surface area contributed by atoms with Gasteiger partial charge in [-0.05, 0) is 93.7 Å². The molecule has 9 aromatic carbocycles. The summed E-state index contributed by atoms with van der Waals surface area (Å²) in [5, 5.41) is 31.4. The monoisotopic (exact) mass is 789 g/mol. The van der Waals surface area contributed by atoms with Crippen LogP contribution in [0.4, 0.5) is 0 Å². The molecule has 0 N–H and O–H groups in total. The van der Waals surface area contributed by atoms with Gasteiger partial charge >= 0.3 is 0 Å². The van der Waals surface area contributed by atoms with Gasteiger partial charge in [0.1, 0.15) is 12.1 Å². The van der Waals surface area contributed by atoms with Gasteiger partial charge in [-0.1, -0.05) is 129 Å². The van der Waals surface area contributed by atoms with Crippen LogP contribution in [0.2, 0.25) is 0 Å². The van der Waals surface area contributed by atoms with Gasteiger partial charge in [-0.15, -0.1) is 0 Å². The van der Waals surface area contributed by atoms with Crippen molar-refractivity contribution >= 4 is 76.2 Å². The number of aromatic nitrogens is 3. The summed E-state index contributed by atoms with van der Waals surface area (Å²) < 4.78 is 6.73. The summed E-state index contributed by atoms with van der Waals surface area (Å²) in [7, 11) is 0. The molecular formula is C57H35N5. The Morgan fingerprint density at radius 3 is 1.60 bits per heavy atom. The zero-order valence-electron chi connectivity index (χ0n) is 34.0. The van der Waals surface area contributed by atoms with Crippen molar-refractivity contribution in [1.29, 1.82) is 10.5 Å². The lowest BCUT2D eigenvalue weighted by molar-refractivity contribution is 0.661. The molecule has 1 aliphatic carbocycles. The van der Waals surface area contributed by atoms with Crippen molar-refractivity contribution in [2.45, 2.75) is 19.3 Å². The van der Waals surface area contributed by atoms with Gasteiger partial charge in [0.2, 0.25) is 0 Å². The van der Waals surface area contributed by atoms with Gasteiger partial charge in [0.05, 0.1) is 55.6 Å². The molecule has 0 aliphatic heterocycles. The van der Waals surface area contributed by atoms with E-state index in [4.69, 9.17) is 0 Å². The molecule has 62 heavy (non-hydrogen) atoms. The van der Waals surface area contributed by atoms with Gasteiger partial charge in [-0.3, -0.25) is 0 Å². The SMILES string of the molecule is CC1(C)c2ccccc2-c2c1ccc1c2c2ccccc2n1-c1cc(C#N)c(-n2c3ccc(-n4c5ccccc5c5ccccc54)cc3c3c4ccccc4ccc32)cc1C#N. The zero-order chi connectivity index (χ0) is 41.4. The number of nitriles is 2. The average molecular weight is 790 g/mol. The van der Waals surface area contributed by atoms with Crippen LogP contribution in [0, 0.1) is 22.7 Å². The van der Waals surface area contributed by atoms with Crippen LogP contribution in [0.1, 0.15) is 36.1 Å². The van der Waals surface area contributed by atoms with E-state index in [0.29, 0.717) is 22.5 Å². The van der Waals surface area contributed by atoms with E-state index in [1.807, 2.05) is 12.1 Å². The van der Waals surface area contributed by atoms with Crippen molar-refractivity contribution in [3.05, 3.63) is 198 Å². The highest BCUT2D eigenvalue weighted by Crippen LogP contribution is 2.53. The highest BCUT2D eigenvalue weighted by atomic mass is 15.0. The summed E-state index contributed by atoms with van der Waals surface area (Å²) in [6.45, 7) is 4.61. The fraction of sp³-hybridized carbons (Fsp3) is 0.0526. The van der Waals surface area contributed by atoms with Crippen molar-refractivity contribution in [3.8, 4) is 40.3 Å². The maximum absolute atomic E-state index is 11.2. The number of para-hydroxylation sites is 3. The maximum atomic E-state index is 11.2. The molecule has 5 heteroatoms. The lowest BCUT2D eigenvalue weighted by Crippen LogP contribution is -2.14. The van der Waals surface area contributed by atoms with Gasteiger partial charge in [0.15, 0.2) is 0 Å². The first-order valence-corrected chi connectivity index (χ1v) is 21.1. The van der Waals surface area contributed by atoms with Crippen molar-refractivity contribution < 1.29 is 0 Å². The third-order valence-corrected chi connectivity index (χ3v) is 13.7. The fourth-order valence-corrected chi connectivity index (χ4v) is 11.0. The largest absolute Gasteiger partial charge is 0.309 e. The smallest absolute Gasteiger partial charge is 0.101 e. The first-order valence-electron chi connectivity index (χ1n) is 21.1. The Balaban J connectivity index is 1.09. The van der Waals surface area contributed by atoms with E-state index in [1.165, 1.54) is 33.0 Å². The Morgan fingerprint density at radius 2 is 0.919 bits per heavy atom. The number of hydrogen-bond donors (Lipinski definition) is 0. The minimum atomic E-state index is -0.158. The predicted molar refractivity (Wildman–Crippen MR) is 254 cm³/mol. The molecular weight excluding hydrogens is 755 g/mol. The fourth-order valence-electron chi connectivity index (χ4n) is 11.0. The molecule has 0 atom stereocenters. The topological polar surface area (TPSA) is 62.4 Å². The van der Waals surface area contributed by atoms with E-state index >= 15 is 0 Å². The Morgan fingerprint density at radius 1 is 0.403 bits per heavy atom. The summed E-state index contributed by atoms with van der Waals surface area (Å²) in [5.41, 5.74) is 14.5. The molecule has 0 saturated carbocycles. The Kier molecular flexibility index (Phi) is 6.86. The Hall–Kier alpha value is -8.38. The molecule has 12 aromatic rings. The minimum absolute atomic E-state index is 0.158. The quantitative estimate of drug-likeness (QED) is 0.179. The number of hydrogen-bond acceptors (Lipinski definition) is 2. The molecule has 1 aliphatic rings. The molecule has 0 fully saturated rings. The summed E-state index contributed by atoms with van der Waals surface area (Å²) in [6.07, 6.45) is 0. The summed E-state index contributed by atoms with van der Waals surface area (Å²) >= 11 is 0. The second kappa shape index (κ2) is 12.3. The summed E-state index contributed by atoms with van der Waals surface area (Å²) in [4.78, 5) is 0.